The van der Waals surface area contributed by atoms with Gasteiger partial charge in [0.15, 0.2) is 0 Å². The minimum atomic E-state index is -2.67. The van der Waals surface area contributed by atoms with Gasteiger partial charge < -0.3 is 39.3 Å². The van der Waals surface area contributed by atoms with Crippen molar-refractivity contribution in [1.82, 2.24) is 24.9 Å². The Morgan fingerprint density at radius 2 is 0.830 bits per heavy atom. The van der Waals surface area contributed by atoms with Gasteiger partial charge in [-0.25, -0.2) is 31.1 Å². The summed E-state index contributed by atoms with van der Waals surface area (Å²) in [5.74, 6) is -8.82. The Bertz CT molecular complexity index is 4190. The summed E-state index contributed by atoms with van der Waals surface area (Å²) in [5.41, 5.74) is 7.37. The average molecular weight is 1420 g/mol. The molecule has 6 aliphatic rings. The zero-order valence-corrected chi connectivity index (χ0v) is 56.1. The molecular weight excluding hydrogens is 1350 g/mol. The SMILES string of the molecule is CN1Cc2cc(-c3ccc4cc(C(=O)N5CCC(F)(F)CC5)ccc4c3)ccc2C1=O.CN1Cc2cc(B3OC(C)(C)C(C)(C)O3)ccc2C1=O.FC1(F)CCNCC1.O=C(O)c1ccc2cc(Br)ccc2c1.O=C(c1ccc2cc(Br)ccc2c1)N1CCC(F)(F)CC1. The maximum atomic E-state index is 13.4. The number of amides is 4. The zero-order chi connectivity index (χ0) is 67.7. The molecule has 4 amide bonds. The molecule has 0 spiro atoms. The second-order valence-electron chi connectivity index (χ2n) is 25.6. The monoisotopic (exact) mass is 1420 g/mol. The summed E-state index contributed by atoms with van der Waals surface area (Å²) in [6.45, 7) is 10.8. The smallest absolute Gasteiger partial charge is 0.478 e. The molecule has 0 atom stereocenters. The number of nitrogens with one attached hydrogen (secondary N) is 1. The molecule has 492 valence electrons. The fourth-order valence-electron chi connectivity index (χ4n) is 11.7. The fourth-order valence-corrected chi connectivity index (χ4v) is 12.5. The number of aromatic carboxylic acids is 1. The minimum Gasteiger partial charge on any atom is -0.478 e. The highest BCUT2D eigenvalue weighted by Crippen LogP contribution is 2.38. The first-order chi connectivity index (χ1) is 44.3. The predicted molar refractivity (Wildman–Crippen MR) is 361 cm³/mol. The van der Waals surface area contributed by atoms with Crippen LogP contribution in [0.15, 0.2) is 155 Å². The average Bonchev–Trinajstić information content (AvgIpc) is 1.46. The van der Waals surface area contributed by atoms with Crippen LogP contribution in [-0.2, 0) is 22.4 Å². The van der Waals surface area contributed by atoms with Crippen molar-refractivity contribution in [2.75, 3.05) is 53.4 Å². The summed E-state index contributed by atoms with van der Waals surface area (Å²) >= 11 is 6.77. The molecule has 94 heavy (non-hydrogen) atoms. The van der Waals surface area contributed by atoms with E-state index < -0.39 is 23.7 Å². The summed E-state index contributed by atoms with van der Waals surface area (Å²) in [6.07, 6.45) is -1.05. The Kier molecular flexibility index (Phi) is 20.6. The fraction of sp³-hybridized carbons (Fsp3) is 0.347. The van der Waals surface area contributed by atoms with Gasteiger partial charge in [0.25, 0.3) is 41.4 Å². The van der Waals surface area contributed by atoms with E-state index in [1.54, 1.807) is 41.1 Å². The number of rotatable bonds is 5. The molecule has 8 aromatic carbocycles. The van der Waals surface area contributed by atoms with Gasteiger partial charge in [-0.3, -0.25) is 19.2 Å². The van der Waals surface area contributed by atoms with Crippen LogP contribution in [0.4, 0.5) is 26.3 Å². The molecule has 13 nitrogen and oxygen atoms in total. The van der Waals surface area contributed by atoms with Crippen LogP contribution >= 0.6 is 31.9 Å². The van der Waals surface area contributed by atoms with Gasteiger partial charge in [-0.2, -0.15) is 0 Å². The van der Waals surface area contributed by atoms with Crippen molar-refractivity contribution in [1.29, 1.82) is 0 Å². The lowest BCUT2D eigenvalue weighted by Gasteiger charge is -2.32. The topological polar surface area (TPSA) is 149 Å². The van der Waals surface area contributed by atoms with Gasteiger partial charge in [0, 0.05) is 136 Å². The van der Waals surface area contributed by atoms with E-state index in [4.69, 9.17) is 14.4 Å². The van der Waals surface area contributed by atoms with Crippen molar-refractivity contribution in [2.45, 2.75) is 108 Å². The lowest BCUT2D eigenvalue weighted by molar-refractivity contribution is -0.0503. The van der Waals surface area contributed by atoms with E-state index in [0.717, 1.165) is 80.1 Å². The lowest BCUT2D eigenvalue weighted by atomic mass is 9.78. The molecule has 4 saturated heterocycles. The Balaban J connectivity index is 0.000000136. The molecule has 2 N–H and O–H groups in total. The van der Waals surface area contributed by atoms with Gasteiger partial charge in [0.2, 0.25) is 0 Å². The lowest BCUT2D eigenvalue weighted by Crippen LogP contribution is -2.42. The summed E-state index contributed by atoms with van der Waals surface area (Å²) in [4.78, 5) is 66.3. The molecule has 0 aromatic heterocycles. The number of hydrogen-bond acceptors (Lipinski definition) is 8. The number of carboxylic acid groups (broad SMARTS) is 1. The molecule has 0 unspecified atom stereocenters. The second kappa shape index (κ2) is 28.0. The van der Waals surface area contributed by atoms with Gasteiger partial charge in [-0.15, -0.1) is 0 Å². The summed E-state index contributed by atoms with van der Waals surface area (Å²) in [6, 6.07) is 45.4. The van der Waals surface area contributed by atoms with Crippen LogP contribution in [-0.4, -0.2) is 144 Å². The van der Waals surface area contributed by atoms with Gasteiger partial charge in [-0.1, -0.05) is 92.5 Å². The Hall–Kier alpha value is -7.63. The number of likely N-dealkylation sites (tertiary alicyclic amines) is 2. The third-order valence-corrected chi connectivity index (χ3v) is 19.1. The molecule has 0 saturated carbocycles. The van der Waals surface area contributed by atoms with Crippen LogP contribution in [0.5, 0.6) is 0 Å². The van der Waals surface area contributed by atoms with Crippen molar-refractivity contribution in [3.05, 3.63) is 193 Å². The highest BCUT2D eigenvalue weighted by molar-refractivity contribution is 9.10. The molecule has 8 aromatic rings. The van der Waals surface area contributed by atoms with Crippen LogP contribution in [0, 0.1) is 0 Å². The minimum absolute atomic E-state index is 0.00694. The van der Waals surface area contributed by atoms with E-state index >= 15 is 0 Å². The predicted octanol–water partition coefficient (Wildman–Crippen LogP) is 15.3. The third kappa shape index (κ3) is 16.4. The largest absolute Gasteiger partial charge is 0.494 e. The van der Waals surface area contributed by atoms with Crippen molar-refractivity contribution in [3.63, 3.8) is 0 Å². The molecule has 6 aliphatic heterocycles. The Morgan fingerprint density at radius 1 is 0.468 bits per heavy atom. The van der Waals surface area contributed by atoms with Crippen LogP contribution in [0.1, 0.15) is 129 Å². The second-order valence-corrected chi connectivity index (χ2v) is 27.4. The van der Waals surface area contributed by atoms with E-state index in [-0.39, 0.29) is 107 Å². The van der Waals surface area contributed by atoms with E-state index in [0.29, 0.717) is 42.9 Å². The number of carboxylic acids is 1. The molecule has 0 radical (unpaired) electrons. The van der Waals surface area contributed by atoms with Crippen molar-refractivity contribution in [2.24, 2.45) is 0 Å². The maximum Gasteiger partial charge on any atom is 0.494 e. The molecule has 6 heterocycles. The van der Waals surface area contributed by atoms with Crippen molar-refractivity contribution >= 4 is 106 Å². The van der Waals surface area contributed by atoms with Gasteiger partial charge in [-0.05, 0) is 173 Å². The van der Waals surface area contributed by atoms with Gasteiger partial charge in [0.1, 0.15) is 0 Å². The number of nitrogens with zero attached hydrogens (tertiary/aromatic N) is 4. The number of halogens is 8. The van der Waals surface area contributed by atoms with Gasteiger partial charge >= 0.3 is 13.1 Å². The number of piperidine rings is 3. The quantitative estimate of drug-likeness (QED) is 0.127. The van der Waals surface area contributed by atoms with Crippen LogP contribution in [0.3, 0.4) is 0 Å². The number of benzene rings is 8. The van der Waals surface area contributed by atoms with E-state index in [9.17, 15) is 50.3 Å². The first-order valence-corrected chi connectivity index (χ1v) is 32.6. The summed E-state index contributed by atoms with van der Waals surface area (Å²) in [5, 5.41) is 17.5. The van der Waals surface area contributed by atoms with Crippen LogP contribution in [0.2, 0.25) is 0 Å². The van der Waals surface area contributed by atoms with Crippen molar-refractivity contribution < 1.29 is 64.7 Å². The third-order valence-electron chi connectivity index (χ3n) is 18.1. The summed E-state index contributed by atoms with van der Waals surface area (Å²) in [7, 11) is 3.25. The highest BCUT2D eigenvalue weighted by Gasteiger charge is 2.52. The van der Waals surface area contributed by atoms with E-state index in [2.05, 4.69) is 49.3 Å². The maximum absolute atomic E-state index is 13.4. The van der Waals surface area contributed by atoms with Crippen molar-refractivity contribution in [3.8, 4) is 11.1 Å². The molecular formula is C72H72BBr2F6N5O8. The molecule has 4 fully saturated rings. The normalized spacial score (nSPS) is 18.8. The van der Waals surface area contributed by atoms with E-state index in [1.807, 2.05) is 144 Å². The zero-order valence-electron chi connectivity index (χ0n) is 53.0. The van der Waals surface area contributed by atoms with Crippen LogP contribution in [0.25, 0.3) is 43.4 Å². The number of carbonyl (C=O) groups is 5. The molecule has 22 heteroatoms. The Morgan fingerprint density at radius 3 is 1.28 bits per heavy atom. The highest BCUT2D eigenvalue weighted by atomic mass is 79.9. The molecule has 0 bridgehead atoms. The first kappa shape index (κ1) is 69.2. The first-order valence-electron chi connectivity index (χ1n) is 31.1. The Labute approximate surface area is 559 Å². The standard InChI is InChI=1S/C25H22F2N2O2.C16H14BrF2NO.C15H20BNO3.C11H7BrO2.C5H9F2N/c1-28-15-21-14-19(6-7-22(21)24(28)31)16-2-3-18-13-20(5-4-17(18)12-16)23(30)29-10-8-25(26,27)9-11-29;17-14-4-3-11-9-13(2-1-12(11)10-14)15(21)20-7-5-16(18,19)6-8-20;1-14(2)15(3,4)20-16(19-14)11-6-7-12-10(8-11)9-17(5)13(12)18;12-10-4-3-7-5-9(11(13)14)2-1-8(7)6-10;6-5(7)1-3-8-4-2-5/h2-7,12-14H,8-11,15H2,1H3;1-4,9-10H,5-8H2;6-8H,9H2,1-5H3;1-6H,(H,13,14);8H,1-4H2. The van der Waals surface area contributed by atoms with Gasteiger partial charge in [0.05, 0.1) is 16.8 Å². The number of carbonyl (C=O) groups excluding carboxylic acids is 4. The summed E-state index contributed by atoms with van der Waals surface area (Å²) < 4.78 is 91.5. The number of hydrogen-bond donors (Lipinski definition) is 2. The number of alkyl halides is 6. The molecule has 14 rings (SSSR count). The van der Waals surface area contributed by atoms with E-state index in [1.165, 1.54) is 9.80 Å². The van der Waals surface area contributed by atoms with Crippen LogP contribution < -0.4 is 10.8 Å². The molecule has 0 aliphatic carbocycles. The number of fused-ring (bicyclic) bond motifs is 5.